The number of thiophene rings is 1. The third kappa shape index (κ3) is 3.62. The fourth-order valence-corrected chi connectivity index (χ4v) is 3.82. The Morgan fingerprint density at radius 2 is 2.09 bits per heavy atom. The van der Waals surface area contributed by atoms with E-state index in [1.807, 2.05) is 48.7 Å². The van der Waals surface area contributed by atoms with Gasteiger partial charge in [0.25, 0.3) is 0 Å². The van der Waals surface area contributed by atoms with E-state index in [-0.39, 0.29) is 11.2 Å². The SMILES string of the molecule is CC[C@@H](Sc1nc(N)c2ccsc2n1)C(=O)Nc1ccccc1. The van der Waals surface area contributed by atoms with Crippen molar-refractivity contribution in [3.8, 4) is 0 Å². The number of rotatable bonds is 5. The number of para-hydroxylation sites is 1. The van der Waals surface area contributed by atoms with Crippen LogP contribution in [0.3, 0.4) is 0 Å². The number of thioether (sulfide) groups is 1. The number of hydrogen-bond donors (Lipinski definition) is 2. The summed E-state index contributed by atoms with van der Waals surface area (Å²) in [6.07, 6.45) is 0.676. The lowest BCUT2D eigenvalue weighted by Gasteiger charge is -2.14. The molecule has 3 N–H and O–H groups in total. The lowest BCUT2D eigenvalue weighted by atomic mass is 10.3. The standard InChI is InChI=1S/C16H16N4OS2/c1-2-12(14(21)18-10-6-4-3-5-7-10)23-16-19-13(17)11-8-9-22-15(11)20-16/h3-9,12H,2H2,1H3,(H,18,21)(H2,17,19,20)/t12-/m1/s1. The van der Waals surface area contributed by atoms with Crippen LogP contribution < -0.4 is 11.1 Å². The zero-order valence-corrected chi connectivity index (χ0v) is 14.2. The van der Waals surface area contributed by atoms with Gasteiger partial charge in [-0.3, -0.25) is 4.79 Å². The van der Waals surface area contributed by atoms with Crippen molar-refractivity contribution in [1.29, 1.82) is 0 Å². The average Bonchev–Trinajstić information content (AvgIpc) is 3.02. The van der Waals surface area contributed by atoms with E-state index in [0.717, 1.165) is 15.9 Å². The minimum Gasteiger partial charge on any atom is -0.383 e. The van der Waals surface area contributed by atoms with E-state index in [1.165, 1.54) is 23.1 Å². The van der Waals surface area contributed by atoms with Crippen LogP contribution in [0.4, 0.5) is 11.5 Å². The van der Waals surface area contributed by atoms with E-state index in [0.29, 0.717) is 17.4 Å². The summed E-state index contributed by atoms with van der Waals surface area (Å²) in [7, 11) is 0. The van der Waals surface area contributed by atoms with E-state index in [1.54, 1.807) is 0 Å². The molecular weight excluding hydrogens is 328 g/mol. The second-order valence-corrected chi connectivity index (χ2v) is 6.97. The first-order chi connectivity index (χ1) is 11.2. The smallest absolute Gasteiger partial charge is 0.237 e. The molecule has 0 aliphatic heterocycles. The normalized spacial score (nSPS) is 12.2. The number of anilines is 2. The Hall–Kier alpha value is -2.12. The molecule has 2 heterocycles. The summed E-state index contributed by atoms with van der Waals surface area (Å²) in [5, 5.41) is 5.98. The third-order valence-electron chi connectivity index (χ3n) is 3.29. The molecule has 0 spiro atoms. The first kappa shape index (κ1) is 15.8. The Labute approximate surface area is 142 Å². The van der Waals surface area contributed by atoms with Crippen molar-refractivity contribution in [3.63, 3.8) is 0 Å². The Kier molecular flexibility index (Phi) is 4.78. The molecule has 0 saturated carbocycles. The molecule has 118 valence electrons. The summed E-state index contributed by atoms with van der Waals surface area (Å²) in [4.78, 5) is 22.1. The summed E-state index contributed by atoms with van der Waals surface area (Å²) >= 11 is 2.86. The first-order valence-electron chi connectivity index (χ1n) is 7.20. The van der Waals surface area contributed by atoms with Crippen molar-refractivity contribution < 1.29 is 4.79 Å². The van der Waals surface area contributed by atoms with E-state index >= 15 is 0 Å². The summed E-state index contributed by atoms with van der Waals surface area (Å²) in [6, 6.07) is 11.3. The average molecular weight is 344 g/mol. The molecule has 1 atom stereocenters. The second-order valence-electron chi connectivity index (χ2n) is 4.90. The van der Waals surface area contributed by atoms with E-state index in [9.17, 15) is 4.79 Å². The largest absolute Gasteiger partial charge is 0.383 e. The van der Waals surface area contributed by atoms with Crippen molar-refractivity contribution >= 4 is 50.7 Å². The number of nitrogens with zero attached hydrogens (tertiary/aromatic N) is 2. The van der Waals surface area contributed by atoms with Crippen LogP contribution in [0.5, 0.6) is 0 Å². The van der Waals surface area contributed by atoms with Crippen molar-refractivity contribution in [2.75, 3.05) is 11.1 Å². The van der Waals surface area contributed by atoms with Gasteiger partial charge in [0, 0.05) is 5.69 Å². The van der Waals surface area contributed by atoms with Crippen LogP contribution in [0.1, 0.15) is 13.3 Å². The van der Waals surface area contributed by atoms with Gasteiger partial charge in [0.15, 0.2) is 5.16 Å². The number of hydrogen-bond acceptors (Lipinski definition) is 6. The maximum atomic E-state index is 12.4. The van der Waals surface area contributed by atoms with Crippen molar-refractivity contribution in [2.45, 2.75) is 23.8 Å². The van der Waals surface area contributed by atoms with Gasteiger partial charge in [-0.25, -0.2) is 9.97 Å². The van der Waals surface area contributed by atoms with Gasteiger partial charge in [-0.15, -0.1) is 11.3 Å². The van der Waals surface area contributed by atoms with Gasteiger partial charge in [0.05, 0.1) is 10.6 Å². The Bertz CT molecular complexity index is 819. The summed E-state index contributed by atoms with van der Waals surface area (Å²) < 4.78 is 0. The number of amides is 1. The maximum Gasteiger partial charge on any atom is 0.237 e. The molecule has 0 saturated heterocycles. The molecule has 0 fully saturated rings. The van der Waals surface area contributed by atoms with Gasteiger partial charge in [-0.05, 0) is 30.0 Å². The Morgan fingerprint density at radius 1 is 1.30 bits per heavy atom. The minimum atomic E-state index is -0.271. The molecule has 2 aromatic heterocycles. The predicted octanol–water partition coefficient (Wildman–Crippen LogP) is 3.78. The van der Waals surface area contributed by atoms with E-state index in [2.05, 4.69) is 15.3 Å². The molecule has 0 radical (unpaired) electrons. The maximum absolute atomic E-state index is 12.4. The molecule has 5 nitrogen and oxygen atoms in total. The van der Waals surface area contributed by atoms with Crippen LogP contribution in [0.15, 0.2) is 46.9 Å². The highest BCUT2D eigenvalue weighted by Gasteiger charge is 2.20. The van der Waals surface area contributed by atoms with E-state index in [4.69, 9.17) is 5.73 Å². The van der Waals surface area contributed by atoms with Crippen molar-refractivity contribution in [2.24, 2.45) is 0 Å². The highest BCUT2D eigenvalue weighted by molar-refractivity contribution is 8.00. The Balaban J connectivity index is 1.76. The van der Waals surface area contributed by atoms with Gasteiger partial charge in [0.1, 0.15) is 10.6 Å². The molecule has 0 aliphatic carbocycles. The Morgan fingerprint density at radius 3 is 2.83 bits per heavy atom. The van der Waals surface area contributed by atoms with Crippen LogP contribution in [-0.2, 0) is 4.79 Å². The first-order valence-corrected chi connectivity index (χ1v) is 8.96. The molecule has 1 amide bonds. The highest BCUT2D eigenvalue weighted by atomic mass is 32.2. The van der Waals surface area contributed by atoms with Gasteiger partial charge in [-0.1, -0.05) is 36.9 Å². The molecule has 3 aromatic rings. The van der Waals surface area contributed by atoms with Crippen LogP contribution in [0, 0.1) is 0 Å². The van der Waals surface area contributed by atoms with Gasteiger partial charge in [0.2, 0.25) is 5.91 Å². The number of nitrogen functional groups attached to an aromatic ring is 1. The number of carbonyl (C=O) groups excluding carboxylic acids is 1. The monoisotopic (exact) mass is 344 g/mol. The van der Waals surface area contributed by atoms with Gasteiger partial charge < -0.3 is 11.1 Å². The van der Waals surface area contributed by atoms with E-state index < -0.39 is 0 Å². The zero-order valence-electron chi connectivity index (χ0n) is 12.5. The van der Waals surface area contributed by atoms with Gasteiger partial charge in [-0.2, -0.15) is 0 Å². The number of aromatic nitrogens is 2. The van der Waals surface area contributed by atoms with Crippen LogP contribution in [0.2, 0.25) is 0 Å². The molecule has 3 rings (SSSR count). The predicted molar refractivity (Wildman–Crippen MR) is 96.8 cm³/mol. The molecule has 1 aromatic carbocycles. The third-order valence-corrected chi connectivity index (χ3v) is 5.32. The number of nitrogens with one attached hydrogen (secondary N) is 1. The van der Waals surface area contributed by atoms with Crippen molar-refractivity contribution in [1.82, 2.24) is 9.97 Å². The molecular formula is C16H16N4OS2. The van der Waals surface area contributed by atoms with Gasteiger partial charge >= 0.3 is 0 Å². The molecule has 0 unspecified atom stereocenters. The van der Waals surface area contributed by atoms with Crippen LogP contribution in [-0.4, -0.2) is 21.1 Å². The fraction of sp³-hybridized carbons (Fsp3) is 0.188. The lowest BCUT2D eigenvalue weighted by Crippen LogP contribution is -2.24. The minimum absolute atomic E-state index is 0.0582. The molecule has 0 aliphatic rings. The van der Waals surface area contributed by atoms with Crippen LogP contribution in [0.25, 0.3) is 10.2 Å². The zero-order chi connectivity index (χ0) is 16.2. The summed E-state index contributed by atoms with van der Waals surface area (Å²) in [5.41, 5.74) is 6.74. The topological polar surface area (TPSA) is 80.9 Å². The van der Waals surface area contributed by atoms with Crippen molar-refractivity contribution in [3.05, 3.63) is 41.8 Å². The molecule has 7 heteroatoms. The number of carbonyl (C=O) groups is 1. The van der Waals surface area contributed by atoms with Crippen LogP contribution >= 0.6 is 23.1 Å². The quantitative estimate of drug-likeness (QED) is 0.544. The summed E-state index contributed by atoms with van der Waals surface area (Å²) in [6.45, 7) is 1.97. The number of nitrogens with two attached hydrogens (primary N) is 1. The molecule has 23 heavy (non-hydrogen) atoms. The number of benzene rings is 1. The lowest BCUT2D eigenvalue weighted by molar-refractivity contribution is -0.115. The number of fused-ring (bicyclic) bond motifs is 1. The highest BCUT2D eigenvalue weighted by Crippen LogP contribution is 2.29. The molecule has 0 bridgehead atoms. The second kappa shape index (κ2) is 6.97. The summed E-state index contributed by atoms with van der Waals surface area (Å²) in [5.74, 6) is 0.397. The fourth-order valence-electron chi connectivity index (χ4n) is 2.10.